The van der Waals surface area contributed by atoms with Crippen LogP contribution in [0.5, 0.6) is 0 Å². The number of aryl methyl sites for hydroxylation is 1. The number of nitrogens with zero attached hydrogens (tertiary/aromatic N) is 2. The first-order chi connectivity index (χ1) is 12.1. The van der Waals surface area contributed by atoms with Crippen molar-refractivity contribution in [2.24, 2.45) is 0 Å². The molecule has 0 saturated heterocycles. The summed E-state index contributed by atoms with van der Waals surface area (Å²) < 4.78 is 1.97. The van der Waals surface area contributed by atoms with Crippen LogP contribution in [0.25, 0.3) is 16.3 Å². The van der Waals surface area contributed by atoms with Crippen molar-refractivity contribution >= 4 is 11.3 Å². The van der Waals surface area contributed by atoms with Gasteiger partial charge in [0.25, 0.3) is 0 Å². The van der Waals surface area contributed by atoms with Crippen LogP contribution in [0.1, 0.15) is 36.9 Å². The summed E-state index contributed by atoms with van der Waals surface area (Å²) in [6.07, 6.45) is 4.15. The molecule has 3 rings (SSSR count). The molecule has 0 unspecified atom stereocenters. The lowest BCUT2D eigenvalue weighted by molar-refractivity contribution is 0.276. The van der Waals surface area contributed by atoms with E-state index in [2.05, 4.69) is 62.3 Å². The van der Waals surface area contributed by atoms with Crippen molar-refractivity contribution in [2.75, 3.05) is 0 Å². The zero-order chi connectivity index (χ0) is 17.8. The van der Waals surface area contributed by atoms with Crippen molar-refractivity contribution in [1.29, 1.82) is 0 Å². The quantitative estimate of drug-likeness (QED) is 0.622. The molecule has 25 heavy (non-hydrogen) atoms. The highest BCUT2D eigenvalue weighted by Crippen LogP contribution is 2.32. The van der Waals surface area contributed by atoms with Crippen molar-refractivity contribution < 1.29 is 5.11 Å². The number of hydrogen-bond donors (Lipinski definition) is 1. The predicted molar refractivity (Wildman–Crippen MR) is 105 cm³/mol. The van der Waals surface area contributed by atoms with E-state index < -0.39 is 0 Å². The summed E-state index contributed by atoms with van der Waals surface area (Å²) in [6, 6.07) is 14.6. The molecule has 0 spiro atoms. The molecule has 0 fully saturated rings. The summed E-state index contributed by atoms with van der Waals surface area (Å²) in [5, 5.41) is 14.2. The minimum absolute atomic E-state index is 0.0513. The monoisotopic (exact) mass is 352 g/mol. The Labute approximate surface area is 153 Å². The van der Waals surface area contributed by atoms with E-state index in [1.807, 2.05) is 16.8 Å². The molecule has 3 aromatic rings. The van der Waals surface area contributed by atoms with E-state index in [0.717, 1.165) is 24.2 Å². The van der Waals surface area contributed by atoms with Crippen LogP contribution in [0.3, 0.4) is 0 Å². The average molecular weight is 353 g/mol. The molecular weight excluding hydrogens is 328 g/mol. The number of rotatable bonds is 6. The Morgan fingerprint density at radius 2 is 2.00 bits per heavy atom. The summed E-state index contributed by atoms with van der Waals surface area (Å²) in [5.74, 6) is 0. The second kappa shape index (κ2) is 7.81. The average Bonchev–Trinajstić information content (AvgIpc) is 3.26. The maximum Gasteiger partial charge on any atom is 0.0890 e. The molecule has 130 valence electrons. The normalized spacial score (nSPS) is 10.9. The van der Waals surface area contributed by atoms with Gasteiger partial charge in [-0.15, -0.1) is 11.3 Å². The minimum atomic E-state index is -0.0513. The van der Waals surface area contributed by atoms with Gasteiger partial charge in [0, 0.05) is 4.88 Å². The van der Waals surface area contributed by atoms with Crippen LogP contribution >= 0.6 is 11.3 Å². The smallest absolute Gasteiger partial charge is 0.0890 e. The zero-order valence-corrected chi connectivity index (χ0v) is 15.8. The third-order valence-corrected chi connectivity index (χ3v) is 5.28. The molecule has 0 bridgehead atoms. The molecule has 1 aromatic carbocycles. The Balaban J connectivity index is 2.05. The topological polar surface area (TPSA) is 38.0 Å². The fourth-order valence-electron chi connectivity index (χ4n) is 2.81. The van der Waals surface area contributed by atoms with E-state index >= 15 is 0 Å². The largest absolute Gasteiger partial charge is 0.390 e. The maximum absolute atomic E-state index is 9.57. The van der Waals surface area contributed by atoms with Crippen molar-refractivity contribution in [3.8, 4) is 16.3 Å². The van der Waals surface area contributed by atoms with Crippen LogP contribution in [0.2, 0.25) is 0 Å². The van der Waals surface area contributed by atoms with Crippen LogP contribution in [0, 0.1) is 0 Å². The van der Waals surface area contributed by atoms with E-state index in [4.69, 9.17) is 0 Å². The van der Waals surface area contributed by atoms with Gasteiger partial charge in [-0.05, 0) is 56.5 Å². The van der Waals surface area contributed by atoms with Gasteiger partial charge in [-0.2, -0.15) is 5.10 Å². The summed E-state index contributed by atoms with van der Waals surface area (Å²) in [4.78, 5) is 2.51. The van der Waals surface area contributed by atoms with Gasteiger partial charge in [-0.1, -0.05) is 36.8 Å². The summed E-state index contributed by atoms with van der Waals surface area (Å²) >= 11 is 1.79. The van der Waals surface area contributed by atoms with Crippen LogP contribution in [0.4, 0.5) is 0 Å². The highest BCUT2D eigenvalue weighted by Gasteiger charge is 2.15. The van der Waals surface area contributed by atoms with Gasteiger partial charge < -0.3 is 5.11 Å². The molecule has 0 aliphatic carbocycles. The number of benzene rings is 1. The maximum atomic E-state index is 9.57. The van der Waals surface area contributed by atoms with Gasteiger partial charge in [0.2, 0.25) is 0 Å². The highest BCUT2D eigenvalue weighted by molar-refractivity contribution is 7.15. The van der Waals surface area contributed by atoms with Gasteiger partial charge in [0.15, 0.2) is 0 Å². The molecular formula is C21H24N2OS. The number of aromatic nitrogens is 2. The summed E-state index contributed by atoms with van der Waals surface area (Å²) in [5.41, 5.74) is 5.40. The number of allylic oxidation sites excluding steroid dienone is 2. The molecule has 2 aromatic heterocycles. The Kier molecular flexibility index (Phi) is 5.51. The van der Waals surface area contributed by atoms with Gasteiger partial charge >= 0.3 is 0 Å². The van der Waals surface area contributed by atoms with Gasteiger partial charge in [0.05, 0.1) is 28.6 Å². The molecule has 0 aliphatic rings. The summed E-state index contributed by atoms with van der Waals surface area (Å²) in [6.45, 7) is 6.35. The van der Waals surface area contributed by atoms with Crippen LogP contribution in [-0.4, -0.2) is 14.9 Å². The van der Waals surface area contributed by atoms with Gasteiger partial charge in [-0.25, -0.2) is 4.68 Å². The van der Waals surface area contributed by atoms with Crippen LogP contribution in [0.15, 0.2) is 54.1 Å². The lowest BCUT2D eigenvalue weighted by Crippen LogP contribution is -2.02. The number of aliphatic hydroxyl groups is 1. The van der Waals surface area contributed by atoms with Gasteiger partial charge in [0.1, 0.15) is 0 Å². The fourth-order valence-corrected chi connectivity index (χ4v) is 3.78. The Bertz CT molecular complexity index is 885. The third-order valence-electron chi connectivity index (χ3n) is 4.15. The van der Waals surface area contributed by atoms with Crippen LogP contribution in [-0.2, 0) is 19.4 Å². The highest BCUT2D eigenvalue weighted by atomic mass is 32.1. The Hall–Kier alpha value is -2.17. The molecule has 1 N–H and O–H groups in total. The van der Waals surface area contributed by atoms with E-state index in [0.29, 0.717) is 5.69 Å². The summed E-state index contributed by atoms with van der Waals surface area (Å²) in [7, 11) is 0. The van der Waals surface area contributed by atoms with E-state index in [1.54, 1.807) is 11.3 Å². The van der Waals surface area contributed by atoms with Gasteiger partial charge in [-0.3, -0.25) is 0 Å². The molecule has 0 aliphatic heterocycles. The number of para-hydroxylation sites is 1. The Morgan fingerprint density at radius 3 is 2.72 bits per heavy atom. The third kappa shape index (κ3) is 3.91. The molecule has 2 heterocycles. The fraction of sp³-hybridized carbons (Fsp3) is 0.286. The number of hydrogen-bond acceptors (Lipinski definition) is 3. The van der Waals surface area contributed by atoms with Crippen molar-refractivity contribution in [1.82, 2.24) is 9.78 Å². The van der Waals surface area contributed by atoms with Crippen molar-refractivity contribution in [3.05, 3.63) is 70.2 Å². The second-order valence-electron chi connectivity index (χ2n) is 6.32. The van der Waals surface area contributed by atoms with E-state index in [-0.39, 0.29) is 6.61 Å². The van der Waals surface area contributed by atoms with Crippen LogP contribution < -0.4 is 0 Å². The molecule has 0 amide bonds. The number of thiophene rings is 1. The van der Waals surface area contributed by atoms with Crippen molar-refractivity contribution in [2.45, 2.75) is 40.2 Å². The lowest BCUT2D eigenvalue weighted by Gasteiger charge is -2.10. The first kappa shape index (κ1) is 17.6. The first-order valence-corrected chi connectivity index (χ1v) is 9.44. The number of aliphatic hydroxyl groups excluding tert-OH is 1. The lowest BCUT2D eigenvalue weighted by atomic mass is 10.1. The SMILES string of the molecule is CCc1ccccc1-n1nc(CO)cc1-c1ccc(CC=C(C)C)s1. The van der Waals surface area contributed by atoms with Crippen molar-refractivity contribution in [3.63, 3.8) is 0 Å². The first-order valence-electron chi connectivity index (χ1n) is 8.63. The Morgan fingerprint density at radius 1 is 1.20 bits per heavy atom. The molecule has 0 atom stereocenters. The predicted octanol–water partition coefficient (Wildman–Crippen LogP) is 5.16. The second-order valence-corrected chi connectivity index (χ2v) is 7.49. The van der Waals surface area contributed by atoms with E-state index in [1.165, 1.54) is 20.9 Å². The zero-order valence-electron chi connectivity index (χ0n) is 15.0. The molecule has 0 saturated carbocycles. The minimum Gasteiger partial charge on any atom is -0.390 e. The van der Waals surface area contributed by atoms with E-state index in [9.17, 15) is 5.11 Å². The molecule has 3 nitrogen and oxygen atoms in total. The molecule has 4 heteroatoms. The molecule has 0 radical (unpaired) electrons. The standard InChI is InChI=1S/C21H24N2OS/c1-4-16-7-5-6-8-19(16)23-20(13-17(14-24)22-23)21-12-11-18(25-21)10-9-15(2)3/h5-9,11-13,24H,4,10,14H2,1-3H3.